The van der Waals surface area contributed by atoms with Crippen LogP contribution in [0.15, 0.2) is 114 Å². The van der Waals surface area contributed by atoms with Crippen molar-refractivity contribution in [2.24, 2.45) is 0 Å². The van der Waals surface area contributed by atoms with Crippen LogP contribution in [0.3, 0.4) is 0 Å². The molecule has 8 nitrogen and oxygen atoms in total. The lowest BCUT2D eigenvalue weighted by Gasteiger charge is -2.15. The second-order valence-electron chi connectivity index (χ2n) is 9.50. The molecule has 3 N–H and O–H groups in total. The van der Waals surface area contributed by atoms with Gasteiger partial charge in [-0.2, -0.15) is 0 Å². The molecule has 0 aliphatic heterocycles. The van der Waals surface area contributed by atoms with E-state index in [2.05, 4.69) is 16.0 Å². The maximum atomic E-state index is 13.3. The predicted molar refractivity (Wildman–Crippen MR) is 170 cm³/mol. The van der Waals surface area contributed by atoms with Gasteiger partial charge in [0.1, 0.15) is 5.70 Å². The first-order valence-electron chi connectivity index (χ1n) is 13.4. The van der Waals surface area contributed by atoms with Crippen LogP contribution in [-0.4, -0.2) is 36.1 Å². The number of para-hydroxylation sites is 1. The second kappa shape index (κ2) is 14.7. The van der Waals surface area contributed by atoms with Gasteiger partial charge in [0.05, 0.1) is 23.6 Å². The Balaban J connectivity index is 1.43. The minimum Gasteiger partial charge on any atom is -0.465 e. The van der Waals surface area contributed by atoms with E-state index in [1.54, 1.807) is 85.8 Å². The minimum atomic E-state index is -0.537. The molecule has 0 spiro atoms. The lowest BCUT2D eigenvalue weighted by atomic mass is 10.1. The van der Waals surface area contributed by atoms with Gasteiger partial charge in [-0.15, -0.1) is 11.8 Å². The molecule has 4 rings (SSSR count). The summed E-state index contributed by atoms with van der Waals surface area (Å²) >= 11 is 1.32. The highest BCUT2D eigenvalue weighted by atomic mass is 32.2. The highest BCUT2D eigenvalue weighted by Crippen LogP contribution is 2.27. The van der Waals surface area contributed by atoms with Crippen molar-refractivity contribution in [3.05, 3.63) is 131 Å². The number of carbonyl (C=O) groups excluding carboxylic acids is 4. The van der Waals surface area contributed by atoms with E-state index in [1.807, 2.05) is 37.3 Å². The van der Waals surface area contributed by atoms with E-state index >= 15 is 0 Å². The third kappa shape index (κ3) is 8.43. The number of nitrogens with one attached hydrogen (secondary N) is 3. The average molecular weight is 594 g/mol. The van der Waals surface area contributed by atoms with Gasteiger partial charge in [0, 0.05) is 16.1 Å². The normalized spacial score (nSPS) is 11.7. The maximum absolute atomic E-state index is 13.3. The summed E-state index contributed by atoms with van der Waals surface area (Å²) in [4.78, 5) is 51.9. The van der Waals surface area contributed by atoms with E-state index in [-0.39, 0.29) is 17.2 Å². The molecule has 43 heavy (non-hydrogen) atoms. The summed E-state index contributed by atoms with van der Waals surface area (Å²) in [7, 11) is 1.29. The van der Waals surface area contributed by atoms with Crippen molar-refractivity contribution in [3.8, 4) is 0 Å². The Morgan fingerprint density at radius 3 is 2.14 bits per heavy atom. The zero-order valence-corrected chi connectivity index (χ0v) is 24.7. The standard InChI is InChI=1S/C34H31N3O5S/c1-22-11-7-8-14-25(22)21-30(37-32(39)24-12-5-4-6-13-24)33(40)35-26-17-19-27(20-18-26)43-23(2)31(38)36-29-16-10-9-15-28(29)34(41)42-3/h4-21,23H,1-3H3,(H,35,40)(H,36,38)(H,37,39)/b30-21-. The molecule has 0 heterocycles. The molecule has 1 unspecified atom stereocenters. The topological polar surface area (TPSA) is 114 Å². The van der Waals surface area contributed by atoms with Gasteiger partial charge in [0.2, 0.25) is 5.91 Å². The number of ether oxygens (including phenoxy) is 1. The van der Waals surface area contributed by atoms with Crippen LogP contribution in [0.4, 0.5) is 11.4 Å². The van der Waals surface area contributed by atoms with Gasteiger partial charge >= 0.3 is 5.97 Å². The van der Waals surface area contributed by atoms with Crippen LogP contribution in [0, 0.1) is 6.92 Å². The first-order valence-corrected chi connectivity index (χ1v) is 14.3. The van der Waals surface area contributed by atoms with E-state index in [9.17, 15) is 19.2 Å². The molecule has 0 fully saturated rings. The Morgan fingerprint density at radius 1 is 0.791 bits per heavy atom. The Morgan fingerprint density at radius 2 is 1.44 bits per heavy atom. The number of benzene rings is 4. The van der Waals surface area contributed by atoms with Crippen molar-refractivity contribution < 1.29 is 23.9 Å². The number of amides is 3. The molecule has 0 aliphatic rings. The number of thioether (sulfide) groups is 1. The summed E-state index contributed by atoms with van der Waals surface area (Å²) in [6, 6.07) is 29.9. The van der Waals surface area contributed by atoms with Crippen molar-refractivity contribution in [1.82, 2.24) is 5.32 Å². The Hall–Kier alpha value is -5.15. The maximum Gasteiger partial charge on any atom is 0.339 e. The van der Waals surface area contributed by atoms with Crippen molar-refractivity contribution >= 4 is 52.9 Å². The molecule has 0 saturated carbocycles. The highest BCUT2D eigenvalue weighted by Gasteiger charge is 2.19. The van der Waals surface area contributed by atoms with Crippen LogP contribution in [0.5, 0.6) is 0 Å². The summed E-state index contributed by atoms with van der Waals surface area (Å²) in [5.41, 5.74) is 3.44. The molecule has 3 amide bonds. The molecule has 0 bridgehead atoms. The van der Waals surface area contributed by atoms with E-state index in [4.69, 9.17) is 4.74 Å². The van der Waals surface area contributed by atoms with Gasteiger partial charge in [0.25, 0.3) is 11.8 Å². The van der Waals surface area contributed by atoms with Gasteiger partial charge < -0.3 is 20.7 Å². The van der Waals surface area contributed by atoms with Crippen molar-refractivity contribution in [3.63, 3.8) is 0 Å². The number of hydrogen-bond donors (Lipinski definition) is 3. The zero-order chi connectivity index (χ0) is 30.8. The summed E-state index contributed by atoms with van der Waals surface area (Å²) in [6.07, 6.45) is 1.65. The van der Waals surface area contributed by atoms with E-state index in [1.165, 1.54) is 18.9 Å². The smallest absolute Gasteiger partial charge is 0.339 e. The van der Waals surface area contributed by atoms with Gasteiger partial charge in [-0.05, 0) is 79.6 Å². The largest absolute Gasteiger partial charge is 0.465 e. The van der Waals surface area contributed by atoms with Crippen molar-refractivity contribution in [1.29, 1.82) is 0 Å². The quantitative estimate of drug-likeness (QED) is 0.113. The van der Waals surface area contributed by atoms with Crippen LogP contribution in [0.2, 0.25) is 0 Å². The van der Waals surface area contributed by atoms with Crippen molar-refractivity contribution in [2.45, 2.75) is 24.0 Å². The molecule has 4 aromatic rings. The SMILES string of the molecule is COC(=O)c1ccccc1NC(=O)C(C)Sc1ccc(NC(=O)/C(=C/c2ccccc2C)NC(=O)c2ccccc2)cc1. The van der Waals surface area contributed by atoms with Gasteiger partial charge in [-0.1, -0.05) is 54.6 Å². The monoisotopic (exact) mass is 593 g/mol. The van der Waals surface area contributed by atoms with E-state index < -0.39 is 23.0 Å². The third-order valence-corrected chi connectivity index (χ3v) is 7.51. The molecule has 218 valence electrons. The molecule has 9 heteroatoms. The minimum absolute atomic E-state index is 0.0964. The molecule has 0 aromatic heterocycles. The van der Waals surface area contributed by atoms with Crippen LogP contribution in [-0.2, 0) is 14.3 Å². The van der Waals surface area contributed by atoms with Crippen LogP contribution in [0.25, 0.3) is 6.08 Å². The fourth-order valence-corrected chi connectivity index (χ4v) is 4.90. The Kier molecular flexibility index (Phi) is 10.5. The molecular weight excluding hydrogens is 562 g/mol. The molecule has 0 saturated heterocycles. The summed E-state index contributed by atoms with van der Waals surface area (Å²) in [5, 5.41) is 7.89. The van der Waals surface area contributed by atoms with Crippen LogP contribution >= 0.6 is 11.8 Å². The highest BCUT2D eigenvalue weighted by molar-refractivity contribution is 8.00. The fraction of sp³-hybridized carbons (Fsp3) is 0.118. The van der Waals surface area contributed by atoms with Crippen LogP contribution < -0.4 is 16.0 Å². The average Bonchev–Trinajstić information content (AvgIpc) is 3.02. The summed E-state index contributed by atoms with van der Waals surface area (Å²) in [6.45, 7) is 3.68. The molecule has 1 atom stereocenters. The van der Waals surface area contributed by atoms with Crippen LogP contribution in [0.1, 0.15) is 38.8 Å². The molecular formula is C34H31N3O5S. The second-order valence-corrected chi connectivity index (χ2v) is 10.9. The number of hydrogen-bond acceptors (Lipinski definition) is 6. The lowest BCUT2D eigenvalue weighted by Crippen LogP contribution is -2.30. The Labute approximate surface area is 254 Å². The third-order valence-electron chi connectivity index (χ3n) is 6.40. The molecule has 0 radical (unpaired) electrons. The number of carbonyl (C=O) groups is 4. The van der Waals surface area contributed by atoms with Gasteiger partial charge in [-0.3, -0.25) is 14.4 Å². The number of rotatable bonds is 10. The number of esters is 1. The zero-order valence-electron chi connectivity index (χ0n) is 23.9. The first kappa shape index (κ1) is 30.8. The van der Waals surface area contributed by atoms with Crippen molar-refractivity contribution in [2.75, 3.05) is 17.7 Å². The summed E-state index contributed by atoms with van der Waals surface area (Å²) in [5.74, 6) is -1.70. The number of aryl methyl sites for hydroxylation is 1. The van der Waals surface area contributed by atoms with Gasteiger partial charge in [-0.25, -0.2) is 4.79 Å². The number of methoxy groups -OCH3 is 1. The van der Waals surface area contributed by atoms with Gasteiger partial charge in [0.15, 0.2) is 0 Å². The molecule has 4 aromatic carbocycles. The first-order chi connectivity index (χ1) is 20.7. The Bertz CT molecular complexity index is 1650. The number of anilines is 2. The summed E-state index contributed by atoms with van der Waals surface area (Å²) < 4.78 is 4.79. The lowest BCUT2D eigenvalue weighted by molar-refractivity contribution is -0.115. The molecule has 0 aliphatic carbocycles. The van der Waals surface area contributed by atoms with E-state index in [0.29, 0.717) is 16.9 Å². The van der Waals surface area contributed by atoms with E-state index in [0.717, 1.165) is 16.0 Å². The fourth-order valence-electron chi connectivity index (χ4n) is 4.03. The predicted octanol–water partition coefficient (Wildman–Crippen LogP) is 6.31.